The Hall–Kier alpha value is -0.260. The summed E-state index contributed by atoms with van der Waals surface area (Å²) in [6, 6.07) is 0. The Balaban J connectivity index is 2.88. The summed E-state index contributed by atoms with van der Waals surface area (Å²) in [5.74, 6) is 0. The summed E-state index contributed by atoms with van der Waals surface area (Å²) in [5, 5.41) is 0. The molecule has 1 aliphatic rings. The van der Waals surface area contributed by atoms with Crippen LogP contribution in [0.2, 0.25) is 0 Å². The highest BCUT2D eigenvalue weighted by atomic mass is 14.7. The third-order valence-corrected chi connectivity index (χ3v) is 4.17. The molecule has 0 amide bonds. The van der Waals surface area contributed by atoms with Crippen molar-refractivity contribution in [2.45, 2.75) is 53.9 Å². The van der Waals surface area contributed by atoms with Gasteiger partial charge in [-0.3, -0.25) is 0 Å². The van der Waals surface area contributed by atoms with Crippen LogP contribution < -0.4 is 0 Å². The van der Waals surface area contributed by atoms with Crippen molar-refractivity contribution in [1.82, 2.24) is 0 Å². The minimum absolute atomic E-state index is 0.526. The van der Waals surface area contributed by atoms with Crippen molar-refractivity contribution in [1.29, 1.82) is 0 Å². The van der Waals surface area contributed by atoms with Crippen LogP contribution in [-0.2, 0) is 0 Å². The van der Waals surface area contributed by atoms with Gasteiger partial charge in [-0.05, 0) is 30.1 Å². The second-order valence-corrected chi connectivity index (χ2v) is 4.40. The highest BCUT2D eigenvalue weighted by Gasteiger charge is 2.62. The monoisotopic (exact) mass is 166 g/mol. The van der Waals surface area contributed by atoms with Gasteiger partial charge in [-0.25, -0.2) is 0 Å². The van der Waals surface area contributed by atoms with Gasteiger partial charge in [-0.15, -0.1) is 0 Å². The first kappa shape index (κ1) is 9.83. The fourth-order valence-corrected chi connectivity index (χ4v) is 2.68. The molecule has 1 saturated carbocycles. The third-order valence-electron chi connectivity index (χ3n) is 4.17. The first-order valence-corrected chi connectivity index (χ1v) is 5.28. The van der Waals surface area contributed by atoms with E-state index in [1.165, 1.54) is 19.3 Å². The van der Waals surface area contributed by atoms with E-state index >= 15 is 0 Å². The van der Waals surface area contributed by atoms with Gasteiger partial charge in [0.25, 0.3) is 0 Å². The van der Waals surface area contributed by atoms with E-state index in [2.05, 4.69) is 40.7 Å². The largest absolute Gasteiger partial charge is 0.0844 e. The standard InChI is InChI=1S/C12H22/c1-6-9-10-11(4,7-2)12(10,5)8-3/h9H,6-8H2,1-5H3. The molecule has 0 aliphatic heterocycles. The molecule has 0 aromatic heterocycles. The van der Waals surface area contributed by atoms with Crippen LogP contribution in [0.1, 0.15) is 53.9 Å². The zero-order valence-corrected chi connectivity index (χ0v) is 9.20. The number of hydrogen-bond donors (Lipinski definition) is 0. The Morgan fingerprint density at radius 1 is 1.00 bits per heavy atom. The average molecular weight is 166 g/mol. The molecular formula is C12H22. The van der Waals surface area contributed by atoms with Gasteiger partial charge >= 0.3 is 0 Å². The van der Waals surface area contributed by atoms with Crippen LogP contribution in [0, 0.1) is 10.8 Å². The Morgan fingerprint density at radius 3 is 1.67 bits per heavy atom. The molecule has 0 aromatic carbocycles. The maximum atomic E-state index is 2.44. The second kappa shape index (κ2) is 2.90. The smallest absolute Gasteiger partial charge is 0.00222 e. The van der Waals surface area contributed by atoms with Gasteiger partial charge in [-0.2, -0.15) is 0 Å². The summed E-state index contributed by atoms with van der Waals surface area (Å²) in [7, 11) is 0. The molecule has 0 aromatic rings. The molecule has 1 rings (SSSR count). The quantitative estimate of drug-likeness (QED) is 0.552. The maximum absolute atomic E-state index is 2.44. The fourth-order valence-electron chi connectivity index (χ4n) is 2.68. The maximum Gasteiger partial charge on any atom is -0.00222 e. The average Bonchev–Trinajstić information content (AvgIpc) is 2.55. The molecule has 2 unspecified atom stereocenters. The molecular weight excluding hydrogens is 144 g/mol. The van der Waals surface area contributed by atoms with E-state index in [9.17, 15) is 0 Å². The van der Waals surface area contributed by atoms with Gasteiger partial charge in [-0.1, -0.05) is 46.3 Å². The summed E-state index contributed by atoms with van der Waals surface area (Å²) in [4.78, 5) is 0. The van der Waals surface area contributed by atoms with E-state index in [1.807, 2.05) is 0 Å². The third kappa shape index (κ3) is 0.967. The van der Waals surface area contributed by atoms with Gasteiger partial charge in [0, 0.05) is 0 Å². The first-order valence-electron chi connectivity index (χ1n) is 5.28. The molecule has 2 atom stereocenters. The number of allylic oxidation sites excluding steroid dienone is 2. The summed E-state index contributed by atoms with van der Waals surface area (Å²) < 4.78 is 0. The molecule has 1 aliphatic carbocycles. The molecule has 0 saturated heterocycles. The van der Waals surface area contributed by atoms with Gasteiger partial charge < -0.3 is 0 Å². The van der Waals surface area contributed by atoms with E-state index in [-0.39, 0.29) is 0 Å². The molecule has 0 heteroatoms. The van der Waals surface area contributed by atoms with Crippen LogP contribution in [0.4, 0.5) is 0 Å². The van der Waals surface area contributed by atoms with Crippen molar-refractivity contribution >= 4 is 0 Å². The lowest BCUT2D eigenvalue weighted by molar-refractivity contribution is 0.367. The predicted octanol–water partition coefficient (Wildman–Crippen LogP) is 4.17. The van der Waals surface area contributed by atoms with Crippen molar-refractivity contribution in [3.05, 3.63) is 11.6 Å². The Labute approximate surface area is 77.1 Å². The SMILES string of the molecule is CCC=C1C(C)(CC)C1(C)CC. The summed E-state index contributed by atoms with van der Waals surface area (Å²) in [6.45, 7) is 11.7. The highest BCUT2D eigenvalue weighted by Crippen LogP contribution is 2.72. The zero-order chi connectivity index (χ0) is 9.41. The van der Waals surface area contributed by atoms with E-state index < -0.39 is 0 Å². The van der Waals surface area contributed by atoms with E-state index in [1.54, 1.807) is 5.57 Å². The lowest BCUT2D eigenvalue weighted by atomic mass is 9.92. The Bertz CT molecular complexity index is 184. The van der Waals surface area contributed by atoms with Crippen molar-refractivity contribution in [2.75, 3.05) is 0 Å². The molecule has 0 radical (unpaired) electrons. The van der Waals surface area contributed by atoms with Crippen LogP contribution in [0.15, 0.2) is 11.6 Å². The molecule has 0 bridgehead atoms. The fraction of sp³-hybridized carbons (Fsp3) is 0.833. The minimum atomic E-state index is 0.526. The number of hydrogen-bond acceptors (Lipinski definition) is 0. The van der Waals surface area contributed by atoms with Gasteiger partial charge in [0.1, 0.15) is 0 Å². The van der Waals surface area contributed by atoms with Crippen LogP contribution in [0.25, 0.3) is 0 Å². The van der Waals surface area contributed by atoms with Gasteiger partial charge in [0.2, 0.25) is 0 Å². The Morgan fingerprint density at radius 2 is 1.42 bits per heavy atom. The van der Waals surface area contributed by atoms with Gasteiger partial charge in [0.15, 0.2) is 0 Å². The lowest BCUT2D eigenvalue weighted by Crippen LogP contribution is -2.04. The van der Waals surface area contributed by atoms with Crippen molar-refractivity contribution < 1.29 is 0 Å². The minimum Gasteiger partial charge on any atom is -0.0844 e. The second-order valence-electron chi connectivity index (χ2n) is 4.40. The van der Waals surface area contributed by atoms with E-state index in [0.717, 1.165) is 0 Å². The van der Waals surface area contributed by atoms with E-state index in [4.69, 9.17) is 0 Å². The van der Waals surface area contributed by atoms with E-state index in [0.29, 0.717) is 10.8 Å². The van der Waals surface area contributed by atoms with Gasteiger partial charge in [0.05, 0.1) is 0 Å². The molecule has 0 nitrogen and oxygen atoms in total. The topological polar surface area (TPSA) is 0 Å². The van der Waals surface area contributed by atoms with Crippen molar-refractivity contribution in [2.24, 2.45) is 10.8 Å². The summed E-state index contributed by atoms with van der Waals surface area (Å²) in [5.41, 5.74) is 2.76. The summed E-state index contributed by atoms with van der Waals surface area (Å²) >= 11 is 0. The van der Waals surface area contributed by atoms with Crippen LogP contribution in [0.5, 0.6) is 0 Å². The Kier molecular flexibility index (Phi) is 2.38. The molecule has 12 heavy (non-hydrogen) atoms. The number of rotatable bonds is 3. The zero-order valence-electron chi connectivity index (χ0n) is 9.20. The highest BCUT2D eigenvalue weighted by molar-refractivity contribution is 5.43. The van der Waals surface area contributed by atoms with Crippen LogP contribution in [-0.4, -0.2) is 0 Å². The summed E-state index contributed by atoms with van der Waals surface area (Å²) in [6.07, 6.45) is 6.22. The first-order chi connectivity index (χ1) is 5.56. The molecule has 1 fully saturated rings. The normalized spacial score (nSPS) is 39.9. The molecule has 70 valence electrons. The molecule has 0 heterocycles. The van der Waals surface area contributed by atoms with Crippen LogP contribution in [0.3, 0.4) is 0 Å². The molecule has 0 N–H and O–H groups in total. The predicted molar refractivity (Wildman–Crippen MR) is 55.2 cm³/mol. The molecule has 0 spiro atoms. The van der Waals surface area contributed by atoms with Crippen molar-refractivity contribution in [3.63, 3.8) is 0 Å². The van der Waals surface area contributed by atoms with Crippen LogP contribution >= 0.6 is 0 Å². The van der Waals surface area contributed by atoms with Crippen molar-refractivity contribution in [3.8, 4) is 0 Å². The lowest BCUT2D eigenvalue weighted by Gasteiger charge is -2.12.